The molecule has 0 aliphatic heterocycles. The van der Waals surface area contributed by atoms with E-state index in [0.717, 1.165) is 16.8 Å². The smallest absolute Gasteiger partial charge is 0.180 e. The Morgan fingerprint density at radius 2 is 1.69 bits per heavy atom. The van der Waals surface area contributed by atoms with Crippen LogP contribution >= 0.6 is 23.2 Å². The minimum atomic E-state index is 0.366. The van der Waals surface area contributed by atoms with Gasteiger partial charge < -0.3 is 9.47 Å². The van der Waals surface area contributed by atoms with E-state index in [9.17, 15) is 0 Å². The van der Waals surface area contributed by atoms with Crippen LogP contribution < -0.4 is 9.47 Å². The molecule has 132 valence electrons. The number of aliphatic imine (C=N–C) groups is 1. The molecule has 0 bridgehead atoms. The normalized spacial score (nSPS) is 10.9. The number of nitrogens with zero attached hydrogens (tertiary/aromatic N) is 1. The molecule has 0 saturated heterocycles. The molecule has 0 heterocycles. The molecule has 0 saturated carbocycles. The maximum absolute atomic E-state index is 6.40. The predicted octanol–water partition coefficient (Wildman–Crippen LogP) is 6.33. The van der Waals surface area contributed by atoms with Gasteiger partial charge in [-0.25, -0.2) is 0 Å². The van der Waals surface area contributed by atoms with Crippen molar-refractivity contribution < 1.29 is 9.47 Å². The van der Waals surface area contributed by atoms with Crippen LogP contribution in [0.5, 0.6) is 11.5 Å². The summed E-state index contributed by atoms with van der Waals surface area (Å²) in [7, 11) is 1.58. The van der Waals surface area contributed by atoms with Gasteiger partial charge in [0.15, 0.2) is 11.5 Å². The first-order chi connectivity index (χ1) is 12.7. The molecule has 0 unspecified atom stereocenters. The minimum Gasteiger partial charge on any atom is -0.493 e. The molecule has 5 heteroatoms. The summed E-state index contributed by atoms with van der Waals surface area (Å²) in [6.45, 7) is 0.366. The van der Waals surface area contributed by atoms with Gasteiger partial charge in [0.25, 0.3) is 0 Å². The third-order valence-corrected chi connectivity index (χ3v) is 4.20. The van der Waals surface area contributed by atoms with Crippen LogP contribution in [0.3, 0.4) is 0 Å². The van der Waals surface area contributed by atoms with Crippen molar-refractivity contribution in [3.63, 3.8) is 0 Å². The summed E-state index contributed by atoms with van der Waals surface area (Å²) in [4.78, 5) is 4.43. The van der Waals surface area contributed by atoms with E-state index in [1.54, 1.807) is 19.4 Å². The van der Waals surface area contributed by atoms with Crippen molar-refractivity contribution in [3.8, 4) is 11.5 Å². The summed E-state index contributed by atoms with van der Waals surface area (Å²) in [6, 6.07) is 20.8. The number of benzene rings is 3. The highest BCUT2D eigenvalue weighted by Crippen LogP contribution is 2.36. The zero-order valence-corrected chi connectivity index (χ0v) is 15.7. The number of para-hydroxylation sites is 1. The van der Waals surface area contributed by atoms with Crippen LogP contribution in [0.15, 0.2) is 71.7 Å². The summed E-state index contributed by atoms with van der Waals surface area (Å²) in [6.07, 6.45) is 1.74. The van der Waals surface area contributed by atoms with Crippen LogP contribution in [0.25, 0.3) is 0 Å². The Labute approximate surface area is 162 Å². The predicted molar refractivity (Wildman–Crippen MR) is 107 cm³/mol. The fraction of sp³-hybridized carbons (Fsp3) is 0.0952. The first-order valence-corrected chi connectivity index (χ1v) is 8.75. The van der Waals surface area contributed by atoms with Gasteiger partial charge in [-0.15, -0.1) is 0 Å². The van der Waals surface area contributed by atoms with Gasteiger partial charge in [0.2, 0.25) is 0 Å². The lowest BCUT2D eigenvalue weighted by molar-refractivity contribution is 0.284. The van der Waals surface area contributed by atoms with Crippen LogP contribution in [0.2, 0.25) is 10.0 Å². The van der Waals surface area contributed by atoms with Crippen molar-refractivity contribution in [1.29, 1.82) is 0 Å². The fourth-order valence-electron chi connectivity index (χ4n) is 2.35. The summed E-state index contributed by atoms with van der Waals surface area (Å²) < 4.78 is 11.3. The largest absolute Gasteiger partial charge is 0.493 e. The van der Waals surface area contributed by atoms with Gasteiger partial charge in [0.1, 0.15) is 6.61 Å². The Kier molecular flexibility index (Phi) is 6.16. The zero-order chi connectivity index (χ0) is 18.4. The first-order valence-electron chi connectivity index (χ1n) is 7.99. The van der Waals surface area contributed by atoms with Gasteiger partial charge in [-0.05, 0) is 47.5 Å². The third-order valence-electron chi connectivity index (χ3n) is 3.67. The SMILES string of the molecule is COc1cc(C=Nc2ccccc2)cc(Cl)c1OCc1ccc(Cl)cc1. The molecule has 0 aliphatic rings. The molecule has 3 aromatic rings. The van der Waals surface area contributed by atoms with Crippen molar-refractivity contribution in [2.75, 3.05) is 7.11 Å². The molecule has 26 heavy (non-hydrogen) atoms. The van der Waals surface area contributed by atoms with E-state index < -0.39 is 0 Å². The quantitative estimate of drug-likeness (QED) is 0.464. The Morgan fingerprint density at radius 1 is 0.962 bits per heavy atom. The van der Waals surface area contributed by atoms with Crippen molar-refractivity contribution in [2.45, 2.75) is 6.61 Å². The maximum Gasteiger partial charge on any atom is 0.180 e. The summed E-state index contributed by atoms with van der Waals surface area (Å²) in [5.41, 5.74) is 2.68. The standard InChI is InChI=1S/C21H17Cl2NO2/c1-25-20-12-16(13-24-18-5-3-2-4-6-18)11-19(23)21(20)26-14-15-7-9-17(22)10-8-15/h2-13H,14H2,1H3. The van der Waals surface area contributed by atoms with Crippen LogP contribution in [0.4, 0.5) is 5.69 Å². The number of methoxy groups -OCH3 is 1. The van der Waals surface area contributed by atoms with E-state index >= 15 is 0 Å². The summed E-state index contributed by atoms with van der Waals surface area (Å²) in [5, 5.41) is 1.15. The molecule has 3 rings (SSSR count). The monoisotopic (exact) mass is 385 g/mol. The van der Waals surface area contributed by atoms with Crippen LogP contribution in [0, 0.1) is 0 Å². The summed E-state index contributed by atoms with van der Waals surface area (Å²) >= 11 is 12.3. The van der Waals surface area contributed by atoms with E-state index in [0.29, 0.717) is 28.2 Å². The number of halogens is 2. The maximum atomic E-state index is 6.40. The van der Waals surface area contributed by atoms with Crippen molar-refractivity contribution in [1.82, 2.24) is 0 Å². The molecule has 0 aromatic heterocycles. The lowest BCUT2D eigenvalue weighted by Crippen LogP contribution is -1.99. The first kappa shape index (κ1) is 18.3. The molecular weight excluding hydrogens is 369 g/mol. The van der Waals surface area contributed by atoms with Crippen LogP contribution in [-0.4, -0.2) is 13.3 Å². The van der Waals surface area contributed by atoms with Gasteiger partial charge in [-0.3, -0.25) is 4.99 Å². The molecule has 0 spiro atoms. The molecule has 0 radical (unpaired) electrons. The van der Waals surface area contributed by atoms with E-state index in [-0.39, 0.29) is 0 Å². The zero-order valence-electron chi connectivity index (χ0n) is 14.2. The van der Waals surface area contributed by atoms with E-state index in [1.807, 2.05) is 60.7 Å². The van der Waals surface area contributed by atoms with Gasteiger partial charge in [0, 0.05) is 11.2 Å². The van der Waals surface area contributed by atoms with Gasteiger partial charge in [0.05, 0.1) is 17.8 Å². The molecular formula is C21H17Cl2NO2. The van der Waals surface area contributed by atoms with Gasteiger partial charge in [-0.1, -0.05) is 53.5 Å². The van der Waals surface area contributed by atoms with E-state index in [1.165, 1.54) is 0 Å². The molecule has 3 aromatic carbocycles. The van der Waals surface area contributed by atoms with Gasteiger partial charge in [-0.2, -0.15) is 0 Å². The van der Waals surface area contributed by atoms with Crippen LogP contribution in [0.1, 0.15) is 11.1 Å². The van der Waals surface area contributed by atoms with Gasteiger partial charge >= 0.3 is 0 Å². The highest BCUT2D eigenvalue weighted by molar-refractivity contribution is 6.32. The average Bonchev–Trinajstić information content (AvgIpc) is 2.67. The fourth-order valence-corrected chi connectivity index (χ4v) is 2.75. The molecule has 0 aliphatic carbocycles. The minimum absolute atomic E-state index is 0.366. The number of hydrogen-bond acceptors (Lipinski definition) is 3. The number of rotatable bonds is 6. The van der Waals surface area contributed by atoms with E-state index in [4.69, 9.17) is 32.7 Å². The average molecular weight is 386 g/mol. The highest BCUT2D eigenvalue weighted by Gasteiger charge is 2.12. The highest BCUT2D eigenvalue weighted by atomic mass is 35.5. The molecule has 0 N–H and O–H groups in total. The number of ether oxygens (including phenoxy) is 2. The molecule has 3 nitrogen and oxygen atoms in total. The topological polar surface area (TPSA) is 30.8 Å². The van der Waals surface area contributed by atoms with Crippen molar-refractivity contribution >= 4 is 35.1 Å². The number of hydrogen-bond donors (Lipinski definition) is 0. The Hall–Kier alpha value is -2.49. The lowest BCUT2D eigenvalue weighted by atomic mass is 10.2. The lowest BCUT2D eigenvalue weighted by Gasteiger charge is -2.13. The molecule has 0 atom stereocenters. The Morgan fingerprint density at radius 3 is 2.38 bits per heavy atom. The van der Waals surface area contributed by atoms with E-state index in [2.05, 4.69) is 4.99 Å². The van der Waals surface area contributed by atoms with Crippen molar-refractivity contribution in [3.05, 3.63) is 87.9 Å². The Bertz CT molecular complexity index is 894. The second-order valence-electron chi connectivity index (χ2n) is 5.54. The molecule has 0 amide bonds. The second kappa shape index (κ2) is 8.75. The third kappa shape index (κ3) is 4.78. The summed E-state index contributed by atoms with van der Waals surface area (Å²) in [5.74, 6) is 1.06. The van der Waals surface area contributed by atoms with Crippen molar-refractivity contribution in [2.24, 2.45) is 4.99 Å². The van der Waals surface area contributed by atoms with Crippen LogP contribution in [-0.2, 0) is 6.61 Å². The Balaban J connectivity index is 1.78. The molecule has 0 fully saturated rings. The second-order valence-corrected chi connectivity index (χ2v) is 6.39.